The largest absolute Gasteiger partial charge is 0.494 e. The highest BCUT2D eigenvalue weighted by atomic mass is 16.5. The van der Waals surface area contributed by atoms with Gasteiger partial charge in [0.1, 0.15) is 5.75 Å². The van der Waals surface area contributed by atoms with E-state index in [1.165, 1.54) is 35.1 Å². The van der Waals surface area contributed by atoms with E-state index in [4.69, 9.17) is 19.8 Å². The number of nitrogens with zero attached hydrogens (tertiary/aromatic N) is 5. The minimum absolute atomic E-state index is 0.654. The maximum absolute atomic E-state index is 5.78. The fourth-order valence-corrected chi connectivity index (χ4v) is 6.04. The maximum atomic E-state index is 5.78. The Bertz CT molecular complexity index is 1660. The van der Waals surface area contributed by atoms with Crippen molar-refractivity contribution in [2.45, 2.75) is 52.5 Å². The molecule has 0 saturated heterocycles. The topological polar surface area (TPSA) is 71.9 Å². The van der Waals surface area contributed by atoms with Gasteiger partial charge in [-0.3, -0.25) is 0 Å². The second kappa shape index (κ2) is 8.72. The van der Waals surface area contributed by atoms with E-state index < -0.39 is 0 Å². The monoisotopic (exact) mass is 504 g/mol. The minimum atomic E-state index is 0.654. The Labute approximate surface area is 222 Å². The van der Waals surface area contributed by atoms with Crippen LogP contribution in [0.25, 0.3) is 27.8 Å². The molecule has 0 atom stereocenters. The number of anilines is 1. The zero-order chi connectivity index (χ0) is 26.0. The Balaban J connectivity index is 1.42. The third kappa shape index (κ3) is 3.60. The molecule has 0 bridgehead atoms. The lowest BCUT2D eigenvalue weighted by atomic mass is 9.96. The number of para-hydroxylation sites is 1. The van der Waals surface area contributed by atoms with Crippen molar-refractivity contribution >= 4 is 16.9 Å². The zero-order valence-corrected chi connectivity index (χ0v) is 22.4. The molecule has 192 valence electrons. The van der Waals surface area contributed by atoms with Gasteiger partial charge in [0.25, 0.3) is 0 Å². The van der Waals surface area contributed by atoms with Gasteiger partial charge < -0.3 is 14.6 Å². The highest BCUT2D eigenvalue weighted by Gasteiger charge is 2.30. The number of H-pyrrole nitrogens is 1. The average molecular weight is 505 g/mol. The summed E-state index contributed by atoms with van der Waals surface area (Å²) in [6.07, 6.45) is 9.39. The van der Waals surface area contributed by atoms with Gasteiger partial charge >= 0.3 is 0 Å². The predicted molar refractivity (Wildman–Crippen MR) is 150 cm³/mol. The van der Waals surface area contributed by atoms with E-state index in [9.17, 15) is 0 Å². The van der Waals surface area contributed by atoms with Crippen molar-refractivity contribution in [3.63, 3.8) is 0 Å². The SMILES string of the molecule is COc1c(C)cc(-c2c3c(nn2-c2c(C)cccc2C)CCN(c2ncc(C4CC4)cn2)C3)c2cc[nH]c12. The van der Waals surface area contributed by atoms with Crippen molar-refractivity contribution in [3.05, 3.63) is 82.4 Å². The standard InChI is InChI=1S/C31H32N6O/c1-18-6-5-7-19(2)28(18)37-29(24-14-20(3)30(38-4)27-23(24)10-12-32-27)25-17-36(13-11-26(25)35-37)31-33-15-22(16-34-31)21-8-9-21/h5-7,10,12,14-16,21,32H,8-9,11,13,17H2,1-4H3. The molecule has 5 aromatic rings. The third-order valence-electron chi connectivity index (χ3n) is 8.12. The highest BCUT2D eigenvalue weighted by Crippen LogP contribution is 2.42. The molecule has 3 aromatic heterocycles. The molecule has 1 fully saturated rings. The lowest BCUT2D eigenvalue weighted by Crippen LogP contribution is -2.31. The predicted octanol–water partition coefficient (Wildman–Crippen LogP) is 6.18. The van der Waals surface area contributed by atoms with Gasteiger partial charge in [0.05, 0.1) is 29.7 Å². The first-order chi connectivity index (χ1) is 18.5. The molecule has 2 aliphatic rings. The van der Waals surface area contributed by atoms with E-state index in [1.54, 1.807) is 7.11 Å². The second-order valence-corrected chi connectivity index (χ2v) is 10.7. The van der Waals surface area contributed by atoms with Crippen LogP contribution in [-0.4, -0.2) is 38.4 Å². The highest BCUT2D eigenvalue weighted by molar-refractivity contribution is 6.00. The van der Waals surface area contributed by atoms with Gasteiger partial charge in [0.15, 0.2) is 0 Å². The molecule has 38 heavy (non-hydrogen) atoms. The quantitative estimate of drug-likeness (QED) is 0.309. The summed E-state index contributed by atoms with van der Waals surface area (Å²) in [6.45, 7) is 8.00. The Morgan fingerprint density at radius 2 is 1.76 bits per heavy atom. The smallest absolute Gasteiger partial charge is 0.225 e. The molecular formula is C31H32N6O. The Morgan fingerprint density at radius 3 is 2.47 bits per heavy atom. The first-order valence-corrected chi connectivity index (χ1v) is 13.4. The van der Waals surface area contributed by atoms with Crippen molar-refractivity contribution in [3.8, 4) is 22.7 Å². The van der Waals surface area contributed by atoms with E-state index in [0.717, 1.165) is 70.3 Å². The van der Waals surface area contributed by atoms with Crippen molar-refractivity contribution in [2.24, 2.45) is 0 Å². The lowest BCUT2D eigenvalue weighted by molar-refractivity contribution is 0.416. The molecule has 0 unspecified atom stereocenters. The van der Waals surface area contributed by atoms with Crippen LogP contribution in [-0.2, 0) is 13.0 Å². The first kappa shape index (κ1) is 23.0. The fourth-order valence-electron chi connectivity index (χ4n) is 6.04. The van der Waals surface area contributed by atoms with Crippen LogP contribution in [0.4, 0.5) is 5.95 Å². The fraction of sp³-hybridized carbons (Fsp3) is 0.323. The molecule has 7 nitrogen and oxygen atoms in total. The van der Waals surface area contributed by atoms with Gasteiger partial charge in [0, 0.05) is 54.6 Å². The van der Waals surface area contributed by atoms with Crippen molar-refractivity contribution in [1.82, 2.24) is 24.7 Å². The summed E-state index contributed by atoms with van der Waals surface area (Å²) in [5, 5.41) is 6.39. The molecular weight excluding hydrogens is 472 g/mol. The minimum Gasteiger partial charge on any atom is -0.494 e. The zero-order valence-electron chi connectivity index (χ0n) is 22.4. The normalized spacial score (nSPS) is 15.2. The number of fused-ring (bicyclic) bond motifs is 2. The number of benzene rings is 2. The summed E-state index contributed by atoms with van der Waals surface area (Å²) >= 11 is 0. The van der Waals surface area contributed by atoms with Gasteiger partial charge in [-0.15, -0.1) is 0 Å². The van der Waals surface area contributed by atoms with Crippen molar-refractivity contribution < 1.29 is 4.74 Å². The number of hydrogen-bond donors (Lipinski definition) is 1. The molecule has 7 rings (SSSR count). The summed E-state index contributed by atoms with van der Waals surface area (Å²) in [5.74, 6) is 2.33. The van der Waals surface area contributed by atoms with Crippen LogP contribution in [0.2, 0.25) is 0 Å². The van der Waals surface area contributed by atoms with Crippen LogP contribution in [0.5, 0.6) is 5.75 Å². The van der Waals surface area contributed by atoms with Crippen LogP contribution in [0.15, 0.2) is 48.9 Å². The second-order valence-electron chi connectivity index (χ2n) is 10.7. The molecule has 1 N–H and O–H groups in total. The molecule has 0 amide bonds. The number of rotatable bonds is 5. The third-order valence-corrected chi connectivity index (χ3v) is 8.12. The van der Waals surface area contributed by atoms with E-state index in [1.807, 2.05) is 18.6 Å². The van der Waals surface area contributed by atoms with Crippen LogP contribution >= 0.6 is 0 Å². The van der Waals surface area contributed by atoms with E-state index in [2.05, 4.69) is 65.7 Å². The van der Waals surface area contributed by atoms with E-state index in [-0.39, 0.29) is 0 Å². The van der Waals surface area contributed by atoms with Gasteiger partial charge in [-0.1, -0.05) is 18.2 Å². The van der Waals surface area contributed by atoms with Crippen molar-refractivity contribution in [1.29, 1.82) is 0 Å². The number of aryl methyl sites for hydroxylation is 3. The number of hydrogen-bond acceptors (Lipinski definition) is 5. The number of aromatic amines is 1. The van der Waals surface area contributed by atoms with Crippen LogP contribution in [0.1, 0.15) is 52.3 Å². The molecule has 1 saturated carbocycles. The van der Waals surface area contributed by atoms with Gasteiger partial charge in [-0.25, -0.2) is 14.6 Å². The average Bonchev–Trinajstić information content (AvgIpc) is 3.54. The van der Waals surface area contributed by atoms with Gasteiger partial charge in [-0.2, -0.15) is 5.10 Å². The van der Waals surface area contributed by atoms with Crippen molar-refractivity contribution in [2.75, 3.05) is 18.6 Å². The number of aromatic nitrogens is 5. The molecule has 4 heterocycles. The summed E-state index contributed by atoms with van der Waals surface area (Å²) in [7, 11) is 1.73. The molecule has 0 spiro atoms. The molecule has 0 radical (unpaired) electrons. The number of methoxy groups -OCH3 is 1. The lowest BCUT2D eigenvalue weighted by Gasteiger charge is -2.27. The molecule has 1 aliphatic carbocycles. The summed E-state index contributed by atoms with van der Waals surface area (Å²) in [4.78, 5) is 15.3. The summed E-state index contributed by atoms with van der Waals surface area (Å²) < 4.78 is 7.97. The summed E-state index contributed by atoms with van der Waals surface area (Å²) in [6, 6.07) is 10.8. The molecule has 1 aliphatic heterocycles. The van der Waals surface area contributed by atoms with E-state index >= 15 is 0 Å². The van der Waals surface area contributed by atoms with E-state index in [0.29, 0.717) is 5.92 Å². The number of ether oxygens (including phenoxy) is 1. The van der Waals surface area contributed by atoms with Crippen LogP contribution in [0.3, 0.4) is 0 Å². The van der Waals surface area contributed by atoms with Gasteiger partial charge in [0.2, 0.25) is 5.95 Å². The van der Waals surface area contributed by atoms with Crippen LogP contribution < -0.4 is 9.64 Å². The summed E-state index contributed by atoms with van der Waals surface area (Å²) in [5.41, 5.74) is 11.6. The Hall–Kier alpha value is -4.13. The molecule has 7 heteroatoms. The Morgan fingerprint density at radius 1 is 1.00 bits per heavy atom. The first-order valence-electron chi connectivity index (χ1n) is 13.4. The number of nitrogens with one attached hydrogen (secondary N) is 1. The van der Waals surface area contributed by atoms with Gasteiger partial charge in [-0.05, 0) is 73.9 Å². The Kier molecular flexibility index (Phi) is 5.28. The molecule has 2 aromatic carbocycles. The maximum Gasteiger partial charge on any atom is 0.225 e. The van der Waals surface area contributed by atoms with Crippen LogP contribution in [0, 0.1) is 20.8 Å².